The van der Waals surface area contributed by atoms with E-state index in [0.29, 0.717) is 37.8 Å². The van der Waals surface area contributed by atoms with Gasteiger partial charge in [0.05, 0.1) is 18.8 Å². The van der Waals surface area contributed by atoms with Crippen LogP contribution in [0.3, 0.4) is 0 Å². The largest absolute Gasteiger partial charge is 0.378 e. The highest BCUT2D eigenvalue weighted by atomic mass is 16.5. The van der Waals surface area contributed by atoms with Gasteiger partial charge in [-0.1, -0.05) is 42.5 Å². The highest BCUT2D eigenvalue weighted by molar-refractivity contribution is 5.98. The molecule has 142 valence electrons. The van der Waals surface area contributed by atoms with Gasteiger partial charge in [-0.05, 0) is 23.3 Å². The van der Waals surface area contributed by atoms with Gasteiger partial charge in [0.25, 0.3) is 5.91 Å². The molecule has 0 saturated carbocycles. The Labute approximate surface area is 162 Å². The molecule has 1 saturated heterocycles. The van der Waals surface area contributed by atoms with Gasteiger partial charge in [0.15, 0.2) is 0 Å². The van der Waals surface area contributed by atoms with Crippen molar-refractivity contribution in [2.75, 3.05) is 31.6 Å². The molecule has 2 aliphatic heterocycles. The third kappa shape index (κ3) is 2.66. The van der Waals surface area contributed by atoms with Crippen LogP contribution in [0.15, 0.2) is 60.1 Å². The molecule has 1 aromatic heterocycles. The summed E-state index contributed by atoms with van der Waals surface area (Å²) in [7, 11) is 0. The lowest BCUT2D eigenvalue weighted by Gasteiger charge is -2.34. The number of benzene rings is 2. The van der Waals surface area contributed by atoms with E-state index in [1.807, 2.05) is 34.7 Å². The predicted octanol–water partition coefficient (Wildman–Crippen LogP) is 2.58. The maximum absolute atomic E-state index is 13.5. The molecule has 3 heterocycles. The SMILES string of the molecule is CC1=C(C(=O)N2CCOCC2)[C@H](c2cccc3ccccc23)n2ncnc2N1. The van der Waals surface area contributed by atoms with Crippen LogP contribution in [0.25, 0.3) is 10.8 Å². The van der Waals surface area contributed by atoms with Gasteiger partial charge in [0.1, 0.15) is 12.4 Å². The second-order valence-corrected chi connectivity index (χ2v) is 7.07. The first-order chi connectivity index (χ1) is 13.7. The first kappa shape index (κ1) is 16.9. The molecule has 1 fully saturated rings. The molecule has 1 atom stereocenters. The smallest absolute Gasteiger partial charge is 0.254 e. The number of ether oxygens (including phenoxy) is 1. The first-order valence-corrected chi connectivity index (χ1v) is 9.46. The van der Waals surface area contributed by atoms with Crippen LogP contribution in [0.2, 0.25) is 0 Å². The molecule has 28 heavy (non-hydrogen) atoms. The quantitative estimate of drug-likeness (QED) is 0.745. The van der Waals surface area contributed by atoms with Gasteiger partial charge >= 0.3 is 0 Å². The Morgan fingerprint density at radius 3 is 2.79 bits per heavy atom. The molecule has 7 heteroatoms. The van der Waals surface area contributed by atoms with Gasteiger partial charge in [0.2, 0.25) is 5.95 Å². The average molecular weight is 375 g/mol. The zero-order valence-electron chi connectivity index (χ0n) is 15.6. The minimum absolute atomic E-state index is 0.0207. The number of aromatic nitrogens is 3. The number of nitrogens with one attached hydrogen (secondary N) is 1. The van der Waals surface area contributed by atoms with E-state index in [1.54, 1.807) is 0 Å². The van der Waals surface area contributed by atoms with Gasteiger partial charge in [-0.3, -0.25) is 4.79 Å². The molecule has 1 amide bonds. The number of fused-ring (bicyclic) bond motifs is 2. The van der Waals surface area contributed by atoms with E-state index in [1.165, 1.54) is 6.33 Å². The van der Waals surface area contributed by atoms with Crippen molar-refractivity contribution in [3.63, 3.8) is 0 Å². The van der Waals surface area contributed by atoms with Crippen LogP contribution in [0.5, 0.6) is 0 Å². The van der Waals surface area contributed by atoms with E-state index in [9.17, 15) is 4.79 Å². The summed E-state index contributed by atoms with van der Waals surface area (Å²) in [6.45, 7) is 4.27. The van der Waals surface area contributed by atoms with Crippen molar-refractivity contribution in [1.29, 1.82) is 0 Å². The average Bonchev–Trinajstić information content (AvgIpc) is 3.20. The summed E-state index contributed by atoms with van der Waals surface area (Å²) in [6.07, 6.45) is 1.52. The van der Waals surface area contributed by atoms with Crippen LogP contribution in [-0.2, 0) is 9.53 Å². The minimum Gasteiger partial charge on any atom is -0.378 e. The Morgan fingerprint density at radius 1 is 1.14 bits per heavy atom. The first-order valence-electron chi connectivity index (χ1n) is 9.46. The Kier molecular flexibility index (Phi) is 4.09. The van der Waals surface area contributed by atoms with E-state index < -0.39 is 0 Å². The molecule has 2 aromatic carbocycles. The summed E-state index contributed by atoms with van der Waals surface area (Å²) in [5, 5.41) is 9.94. The number of amides is 1. The molecular weight excluding hydrogens is 354 g/mol. The fourth-order valence-electron chi connectivity index (χ4n) is 4.08. The zero-order valence-corrected chi connectivity index (χ0v) is 15.6. The fraction of sp³-hybridized carbons (Fsp3) is 0.286. The summed E-state index contributed by atoms with van der Waals surface area (Å²) < 4.78 is 7.23. The lowest BCUT2D eigenvalue weighted by molar-refractivity contribution is -0.131. The number of anilines is 1. The highest BCUT2D eigenvalue weighted by Crippen LogP contribution is 2.38. The summed E-state index contributed by atoms with van der Waals surface area (Å²) in [4.78, 5) is 19.7. The number of carbonyl (C=O) groups is 1. The predicted molar refractivity (Wildman–Crippen MR) is 106 cm³/mol. The van der Waals surface area contributed by atoms with Gasteiger partial charge in [-0.2, -0.15) is 10.1 Å². The molecular formula is C21H21N5O2. The summed E-state index contributed by atoms with van der Waals surface area (Å²) in [5.41, 5.74) is 2.56. The number of allylic oxidation sites excluding steroid dienone is 1. The second-order valence-electron chi connectivity index (χ2n) is 7.07. The second kappa shape index (κ2) is 6.76. The standard InChI is InChI=1S/C21H21N5O2/c1-14-18(20(27)25-9-11-28-12-10-25)19(26-21(24-14)22-13-23-26)17-8-4-6-15-5-2-3-7-16(15)17/h2-8,13,19H,9-12H2,1H3,(H,22,23,24)/t19-/m0/s1. The highest BCUT2D eigenvalue weighted by Gasteiger charge is 2.36. The van der Waals surface area contributed by atoms with E-state index >= 15 is 0 Å². The summed E-state index contributed by atoms with van der Waals surface area (Å²) in [6, 6.07) is 14.1. The Bertz CT molecular complexity index is 1080. The van der Waals surface area contributed by atoms with Crippen LogP contribution in [-0.4, -0.2) is 51.9 Å². The molecule has 7 nitrogen and oxygen atoms in total. The normalized spacial score (nSPS) is 19.5. The van der Waals surface area contributed by atoms with Crippen molar-refractivity contribution in [1.82, 2.24) is 19.7 Å². The molecule has 0 unspecified atom stereocenters. The molecule has 1 N–H and O–H groups in total. The maximum Gasteiger partial charge on any atom is 0.254 e. The third-order valence-electron chi connectivity index (χ3n) is 5.44. The number of hydrogen-bond donors (Lipinski definition) is 1. The number of morpholine rings is 1. The van der Waals surface area contributed by atoms with E-state index in [2.05, 4.69) is 39.7 Å². The van der Waals surface area contributed by atoms with Crippen LogP contribution in [0.4, 0.5) is 5.95 Å². The monoisotopic (exact) mass is 375 g/mol. The molecule has 3 aromatic rings. The number of hydrogen-bond acceptors (Lipinski definition) is 5. The fourth-order valence-corrected chi connectivity index (χ4v) is 4.08. The molecule has 0 spiro atoms. The van der Waals surface area contributed by atoms with Gasteiger partial charge in [0, 0.05) is 18.8 Å². The third-order valence-corrected chi connectivity index (χ3v) is 5.44. The summed E-state index contributed by atoms with van der Waals surface area (Å²) >= 11 is 0. The van der Waals surface area contributed by atoms with Crippen molar-refractivity contribution in [2.24, 2.45) is 0 Å². The Morgan fingerprint density at radius 2 is 1.93 bits per heavy atom. The molecule has 2 aliphatic rings. The van der Waals surface area contributed by atoms with Crippen molar-refractivity contribution in [2.45, 2.75) is 13.0 Å². The van der Waals surface area contributed by atoms with E-state index in [0.717, 1.165) is 22.0 Å². The van der Waals surface area contributed by atoms with Crippen molar-refractivity contribution >= 4 is 22.6 Å². The Hall–Kier alpha value is -3.19. The maximum atomic E-state index is 13.5. The lowest BCUT2D eigenvalue weighted by atomic mass is 9.91. The van der Waals surface area contributed by atoms with E-state index in [-0.39, 0.29) is 11.9 Å². The number of rotatable bonds is 2. The van der Waals surface area contributed by atoms with E-state index in [4.69, 9.17) is 4.74 Å². The molecule has 0 radical (unpaired) electrons. The van der Waals surface area contributed by atoms with Gasteiger partial charge in [-0.15, -0.1) is 0 Å². The van der Waals surface area contributed by atoms with Crippen molar-refractivity contribution < 1.29 is 9.53 Å². The van der Waals surface area contributed by atoms with Crippen LogP contribution >= 0.6 is 0 Å². The molecule has 0 aliphatic carbocycles. The van der Waals surface area contributed by atoms with Crippen molar-refractivity contribution in [3.8, 4) is 0 Å². The van der Waals surface area contributed by atoms with Gasteiger partial charge in [-0.25, -0.2) is 4.68 Å². The lowest BCUT2D eigenvalue weighted by Crippen LogP contribution is -2.44. The number of carbonyl (C=O) groups excluding carboxylic acids is 1. The van der Waals surface area contributed by atoms with Crippen LogP contribution in [0.1, 0.15) is 18.5 Å². The van der Waals surface area contributed by atoms with Gasteiger partial charge < -0.3 is 15.0 Å². The topological polar surface area (TPSA) is 72.3 Å². The Balaban J connectivity index is 1.69. The summed E-state index contributed by atoms with van der Waals surface area (Å²) in [5.74, 6) is 0.668. The molecule has 5 rings (SSSR count). The van der Waals surface area contributed by atoms with Crippen molar-refractivity contribution in [3.05, 3.63) is 65.6 Å². The molecule has 0 bridgehead atoms. The number of nitrogens with zero attached hydrogens (tertiary/aromatic N) is 4. The zero-order chi connectivity index (χ0) is 19.1. The van der Waals surface area contributed by atoms with Crippen LogP contribution in [0, 0.1) is 0 Å². The van der Waals surface area contributed by atoms with Crippen LogP contribution < -0.4 is 5.32 Å². The minimum atomic E-state index is -0.333.